The van der Waals surface area contributed by atoms with Crippen molar-refractivity contribution < 1.29 is 4.79 Å². The highest BCUT2D eigenvalue weighted by Gasteiger charge is 2.37. The Balaban J connectivity index is 2.02. The lowest BCUT2D eigenvalue weighted by Crippen LogP contribution is -2.47. The molecule has 0 aliphatic carbocycles. The third-order valence-corrected chi connectivity index (χ3v) is 4.79. The van der Waals surface area contributed by atoms with Crippen LogP contribution in [-0.2, 0) is 4.79 Å². The Hall–Kier alpha value is -1.35. The van der Waals surface area contributed by atoms with Gasteiger partial charge in [0.1, 0.15) is 0 Å². The van der Waals surface area contributed by atoms with Crippen LogP contribution in [0.2, 0.25) is 0 Å². The molecule has 1 fully saturated rings. The second-order valence-electron chi connectivity index (χ2n) is 6.87. The second-order valence-corrected chi connectivity index (χ2v) is 6.87. The Bertz CT molecular complexity index is 490. The van der Waals surface area contributed by atoms with Gasteiger partial charge in [-0.15, -0.1) is 0 Å². The maximum Gasteiger partial charge on any atom is 0.226 e. The van der Waals surface area contributed by atoms with Gasteiger partial charge in [0.2, 0.25) is 5.91 Å². The molecule has 1 amide bonds. The molecule has 2 N–H and O–H groups in total. The third-order valence-electron chi connectivity index (χ3n) is 4.79. The minimum atomic E-state index is -0.328. The second kappa shape index (κ2) is 6.61. The molecule has 116 valence electrons. The highest BCUT2D eigenvalue weighted by atomic mass is 16.2. The van der Waals surface area contributed by atoms with E-state index in [0.717, 1.165) is 25.9 Å². The summed E-state index contributed by atoms with van der Waals surface area (Å²) in [5, 5.41) is 6.60. The van der Waals surface area contributed by atoms with Crippen molar-refractivity contribution in [1.29, 1.82) is 0 Å². The molecule has 0 spiro atoms. The molecule has 3 nitrogen and oxygen atoms in total. The normalized spacial score (nSPS) is 20.9. The maximum atomic E-state index is 12.7. The number of rotatable bonds is 4. The first kappa shape index (κ1) is 16.0. The molecular weight excluding hydrogens is 260 g/mol. The molecule has 2 atom stereocenters. The lowest BCUT2D eigenvalue weighted by Gasteiger charge is -2.36. The number of carbonyl (C=O) groups is 1. The topological polar surface area (TPSA) is 41.1 Å². The zero-order valence-corrected chi connectivity index (χ0v) is 13.7. The van der Waals surface area contributed by atoms with Crippen LogP contribution >= 0.6 is 0 Å². The van der Waals surface area contributed by atoms with Gasteiger partial charge in [0, 0.05) is 5.41 Å². The van der Waals surface area contributed by atoms with Gasteiger partial charge >= 0.3 is 0 Å². The molecule has 1 aliphatic heterocycles. The number of amides is 1. The molecule has 0 radical (unpaired) electrons. The zero-order chi connectivity index (χ0) is 15.5. The minimum absolute atomic E-state index is 0.0493. The summed E-state index contributed by atoms with van der Waals surface area (Å²) in [6, 6.07) is 8.39. The fourth-order valence-corrected chi connectivity index (χ4v) is 3.06. The summed E-state index contributed by atoms with van der Waals surface area (Å²) in [7, 11) is 0. The first-order chi connectivity index (χ1) is 9.91. The van der Waals surface area contributed by atoms with Crippen LogP contribution in [0.15, 0.2) is 24.3 Å². The van der Waals surface area contributed by atoms with Crippen molar-refractivity contribution in [3.05, 3.63) is 35.4 Å². The highest BCUT2D eigenvalue weighted by molar-refractivity contribution is 5.82. The van der Waals surface area contributed by atoms with E-state index in [4.69, 9.17) is 0 Å². The lowest BCUT2D eigenvalue weighted by molar-refractivity contribution is -0.133. The van der Waals surface area contributed by atoms with Crippen molar-refractivity contribution in [2.75, 3.05) is 13.1 Å². The molecule has 21 heavy (non-hydrogen) atoms. The van der Waals surface area contributed by atoms with Crippen molar-refractivity contribution in [3.63, 3.8) is 0 Å². The van der Waals surface area contributed by atoms with Crippen LogP contribution in [-0.4, -0.2) is 19.0 Å². The predicted octanol–water partition coefficient (Wildman–Crippen LogP) is 3.20. The van der Waals surface area contributed by atoms with E-state index in [9.17, 15) is 4.79 Å². The Morgan fingerprint density at radius 3 is 2.81 bits per heavy atom. The third kappa shape index (κ3) is 3.85. The van der Waals surface area contributed by atoms with Crippen LogP contribution < -0.4 is 10.6 Å². The van der Waals surface area contributed by atoms with Gasteiger partial charge < -0.3 is 10.6 Å². The maximum absolute atomic E-state index is 12.7. The van der Waals surface area contributed by atoms with Gasteiger partial charge in [-0.25, -0.2) is 0 Å². The van der Waals surface area contributed by atoms with E-state index in [2.05, 4.69) is 56.5 Å². The van der Waals surface area contributed by atoms with Crippen LogP contribution in [0.25, 0.3) is 0 Å². The molecule has 2 rings (SSSR count). The lowest BCUT2D eigenvalue weighted by atomic mass is 9.74. The van der Waals surface area contributed by atoms with Gasteiger partial charge in [0.15, 0.2) is 0 Å². The Morgan fingerprint density at radius 2 is 2.19 bits per heavy atom. The van der Waals surface area contributed by atoms with Crippen molar-refractivity contribution >= 4 is 5.91 Å². The van der Waals surface area contributed by atoms with Gasteiger partial charge in [-0.1, -0.05) is 43.7 Å². The van der Waals surface area contributed by atoms with E-state index in [-0.39, 0.29) is 17.4 Å². The van der Waals surface area contributed by atoms with Crippen molar-refractivity contribution in [2.45, 2.75) is 46.6 Å². The Labute approximate surface area is 128 Å². The molecular formula is C18H28N2O. The molecule has 1 aromatic carbocycles. The van der Waals surface area contributed by atoms with Crippen LogP contribution in [0.3, 0.4) is 0 Å². The molecule has 1 aromatic rings. The number of carbonyl (C=O) groups excluding carboxylic acids is 1. The standard InChI is InChI=1S/C18H28N2O/c1-13-7-5-8-15(11-13)14(2)20-17(21)18(3,4)16-9-6-10-19-12-16/h5,7-8,11,14,16,19H,6,9-10,12H2,1-4H3,(H,20,21)/t14-,16?/m1/s1. The predicted molar refractivity (Wildman–Crippen MR) is 87.1 cm³/mol. The summed E-state index contributed by atoms with van der Waals surface area (Å²) in [6.07, 6.45) is 2.29. The number of hydrogen-bond acceptors (Lipinski definition) is 2. The quantitative estimate of drug-likeness (QED) is 0.893. The van der Waals surface area contributed by atoms with E-state index in [1.807, 2.05) is 6.07 Å². The van der Waals surface area contributed by atoms with E-state index in [1.54, 1.807) is 0 Å². The SMILES string of the molecule is Cc1cccc([C@@H](C)NC(=O)C(C)(C)C2CCCNC2)c1. The average Bonchev–Trinajstić information content (AvgIpc) is 2.48. The fourth-order valence-electron chi connectivity index (χ4n) is 3.06. The van der Waals surface area contributed by atoms with Gasteiger partial charge in [0.05, 0.1) is 6.04 Å². The molecule has 0 aromatic heterocycles. The fraction of sp³-hybridized carbons (Fsp3) is 0.611. The van der Waals surface area contributed by atoms with Crippen LogP contribution in [0.4, 0.5) is 0 Å². The first-order valence-corrected chi connectivity index (χ1v) is 7.99. The van der Waals surface area contributed by atoms with E-state index < -0.39 is 0 Å². The van der Waals surface area contributed by atoms with Crippen molar-refractivity contribution in [2.24, 2.45) is 11.3 Å². The van der Waals surface area contributed by atoms with Crippen LogP contribution in [0.1, 0.15) is 50.8 Å². The van der Waals surface area contributed by atoms with Crippen molar-refractivity contribution in [1.82, 2.24) is 10.6 Å². The highest BCUT2D eigenvalue weighted by Crippen LogP contribution is 2.32. The molecule has 1 unspecified atom stereocenters. The van der Waals surface area contributed by atoms with Crippen LogP contribution in [0, 0.1) is 18.3 Å². The number of aryl methyl sites for hydroxylation is 1. The number of hydrogen-bond donors (Lipinski definition) is 2. The summed E-state index contributed by atoms with van der Waals surface area (Å²) in [5.41, 5.74) is 2.07. The average molecular weight is 288 g/mol. The van der Waals surface area contributed by atoms with Crippen molar-refractivity contribution in [3.8, 4) is 0 Å². The molecule has 3 heteroatoms. The zero-order valence-electron chi connectivity index (χ0n) is 13.7. The Morgan fingerprint density at radius 1 is 1.43 bits per heavy atom. The largest absolute Gasteiger partial charge is 0.349 e. The van der Waals surface area contributed by atoms with Gasteiger partial charge in [-0.05, 0) is 51.3 Å². The number of benzene rings is 1. The number of nitrogens with one attached hydrogen (secondary N) is 2. The molecule has 1 aliphatic rings. The summed E-state index contributed by atoms with van der Waals surface area (Å²) in [5.74, 6) is 0.571. The number of piperidine rings is 1. The smallest absolute Gasteiger partial charge is 0.226 e. The molecule has 1 saturated heterocycles. The van der Waals surface area contributed by atoms with E-state index >= 15 is 0 Å². The summed E-state index contributed by atoms with van der Waals surface area (Å²) in [4.78, 5) is 12.7. The molecule has 1 heterocycles. The van der Waals surface area contributed by atoms with Crippen LogP contribution in [0.5, 0.6) is 0 Å². The summed E-state index contributed by atoms with van der Waals surface area (Å²) in [6.45, 7) is 10.3. The van der Waals surface area contributed by atoms with Gasteiger partial charge in [0.25, 0.3) is 0 Å². The molecule has 0 bridgehead atoms. The van der Waals surface area contributed by atoms with Gasteiger partial charge in [-0.3, -0.25) is 4.79 Å². The van der Waals surface area contributed by atoms with E-state index in [1.165, 1.54) is 11.1 Å². The summed E-state index contributed by atoms with van der Waals surface area (Å²) >= 11 is 0. The van der Waals surface area contributed by atoms with Gasteiger partial charge in [-0.2, -0.15) is 0 Å². The molecule has 0 saturated carbocycles. The minimum Gasteiger partial charge on any atom is -0.349 e. The summed E-state index contributed by atoms with van der Waals surface area (Å²) < 4.78 is 0. The Kier molecular flexibility index (Phi) is 5.04. The monoisotopic (exact) mass is 288 g/mol. The first-order valence-electron chi connectivity index (χ1n) is 7.99. The van der Waals surface area contributed by atoms with E-state index in [0.29, 0.717) is 5.92 Å².